The molecule has 4 nitrogen and oxygen atoms in total. The standard InChI is InChI=1S/C21H32N4/c1-3-25-20-10-9-17(16-24-12-4-5-13-24)15-19(20)22-21(25)11-14-23(2)18-7-6-8-18/h9-10,15,18H,3-8,11-14,16H2,1-2H3. The summed E-state index contributed by atoms with van der Waals surface area (Å²) in [5.41, 5.74) is 3.89. The van der Waals surface area contributed by atoms with Crippen molar-refractivity contribution < 1.29 is 0 Å². The third kappa shape index (κ3) is 3.61. The fourth-order valence-corrected chi connectivity index (χ4v) is 4.35. The average molecular weight is 341 g/mol. The Kier molecular flexibility index (Phi) is 5.09. The van der Waals surface area contributed by atoms with Gasteiger partial charge in [0.25, 0.3) is 0 Å². The van der Waals surface area contributed by atoms with Crippen molar-refractivity contribution in [2.45, 2.75) is 64.6 Å². The first-order valence-electron chi connectivity index (χ1n) is 10.1. The van der Waals surface area contributed by atoms with E-state index in [0.29, 0.717) is 0 Å². The summed E-state index contributed by atoms with van der Waals surface area (Å²) in [6.45, 7) is 7.94. The number of fused-ring (bicyclic) bond motifs is 1. The average Bonchev–Trinajstić information content (AvgIpc) is 3.17. The van der Waals surface area contributed by atoms with Gasteiger partial charge in [0.1, 0.15) is 5.82 Å². The largest absolute Gasteiger partial charge is 0.328 e. The summed E-state index contributed by atoms with van der Waals surface area (Å²) < 4.78 is 2.41. The van der Waals surface area contributed by atoms with Crippen molar-refractivity contribution in [3.05, 3.63) is 29.6 Å². The smallest absolute Gasteiger partial charge is 0.111 e. The van der Waals surface area contributed by atoms with Crippen LogP contribution in [0.25, 0.3) is 11.0 Å². The summed E-state index contributed by atoms with van der Waals surface area (Å²) >= 11 is 0. The lowest BCUT2D eigenvalue weighted by Gasteiger charge is -2.34. The van der Waals surface area contributed by atoms with Crippen LogP contribution < -0.4 is 0 Å². The maximum Gasteiger partial charge on any atom is 0.111 e. The molecule has 0 bridgehead atoms. The van der Waals surface area contributed by atoms with Gasteiger partial charge in [-0.3, -0.25) is 4.90 Å². The highest BCUT2D eigenvalue weighted by atomic mass is 15.1. The Bertz CT molecular complexity index is 710. The van der Waals surface area contributed by atoms with Crippen LogP contribution in [-0.4, -0.2) is 52.1 Å². The predicted octanol–water partition coefficient (Wildman–Crippen LogP) is 3.68. The minimum atomic E-state index is 0.812. The maximum absolute atomic E-state index is 5.01. The molecule has 2 aliphatic rings. The van der Waals surface area contributed by atoms with Gasteiger partial charge in [0, 0.05) is 32.1 Å². The molecule has 0 unspecified atom stereocenters. The number of benzene rings is 1. The summed E-state index contributed by atoms with van der Waals surface area (Å²) in [6.07, 6.45) is 7.91. The Labute approximate surface area is 151 Å². The SMILES string of the molecule is CCn1c(CCN(C)C2CCC2)nc2cc(CN3CCCC3)ccc21. The molecule has 0 atom stereocenters. The lowest BCUT2D eigenvalue weighted by atomic mass is 9.92. The molecule has 0 N–H and O–H groups in total. The molecule has 0 amide bonds. The molecule has 1 aliphatic heterocycles. The molecular weight excluding hydrogens is 308 g/mol. The molecule has 136 valence electrons. The van der Waals surface area contributed by atoms with Gasteiger partial charge < -0.3 is 9.47 Å². The van der Waals surface area contributed by atoms with Crippen LogP contribution in [0.15, 0.2) is 18.2 Å². The number of hydrogen-bond acceptors (Lipinski definition) is 3. The van der Waals surface area contributed by atoms with E-state index < -0.39 is 0 Å². The zero-order valence-electron chi connectivity index (χ0n) is 15.9. The Morgan fingerprint density at radius 3 is 2.64 bits per heavy atom. The van der Waals surface area contributed by atoms with E-state index in [1.807, 2.05) is 0 Å². The minimum Gasteiger partial charge on any atom is -0.328 e. The van der Waals surface area contributed by atoms with Crippen LogP contribution in [0, 0.1) is 0 Å². The van der Waals surface area contributed by atoms with Gasteiger partial charge >= 0.3 is 0 Å². The van der Waals surface area contributed by atoms with E-state index in [1.165, 1.54) is 67.6 Å². The van der Waals surface area contributed by atoms with Gasteiger partial charge in [-0.1, -0.05) is 12.5 Å². The highest BCUT2D eigenvalue weighted by Crippen LogP contribution is 2.24. The molecule has 1 aliphatic carbocycles. The van der Waals surface area contributed by atoms with Gasteiger partial charge in [0.15, 0.2) is 0 Å². The Hall–Kier alpha value is -1.39. The number of nitrogens with zero attached hydrogens (tertiary/aromatic N) is 4. The van der Waals surface area contributed by atoms with E-state index in [9.17, 15) is 0 Å². The first-order valence-corrected chi connectivity index (χ1v) is 10.1. The molecule has 1 aromatic heterocycles. The topological polar surface area (TPSA) is 24.3 Å². The number of likely N-dealkylation sites (N-methyl/N-ethyl adjacent to an activating group) is 1. The third-order valence-corrected chi connectivity index (χ3v) is 6.20. The van der Waals surface area contributed by atoms with Crippen molar-refractivity contribution in [1.29, 1.82) is 0 Å². The lowest BCUT2D eigenvalue weighted by molar-refractivity contribution is 0.160. The zero-order valence-corrected chi connectivity index (χ0v) is 15.9. The minimum absolute atomic E-state index is 0.812. The molecule has 4 rings (SSSR count). The number of rotatable bonds is 7. The third-order valence-electron chi connectivity index (χ3n) is 6.20. The highest BCUT2D eigenvalue weighted by molar-refractivity contribution is 5.77. The van der Waals surface area contributed by atoms with Crippen molar-refractivity contribution >= 4 is 11.0 Å². The molecule has 1 aromatic carbocycles. The van der Waals surface area contributed by atoms with Gasteiger partial charge in [-0.15, -0.1) is 0 Å². The van der Waals surface area contributed by atoms with E-state index in [0.717, 1.165) is 32.1 Å². The Balaban J connectivity index is 1.50. The van der Waals surface area contributed by atoms with Crippen LogP contribution in [-0.2, 0) is 19.5 Å². The van der Waals surface area contributed by atoms with E-state index >= 15 is 0 Å². The Morgan fingerprint density at radius 2 is 1.96 bits per heavy atom. The summed E-state index contributed by atoms with van der Waals surface area (Å²) in [6, 6.07) is 7.72. The van der Waals surface area contributed by atoms with E-state index in [2.05, 4.69) is 46.5 Å². The van der Waals surface area contributed by atoms with Crippen molar-refractivity contribution in [2.75, 3.05) is 26.7 Å². The summed E-state index contributed by atoms with van der Waals surface area (Å²) in [5.74, 6) is 1.25. The van der Waals surface area contributed by atoms with Crippen molar-refractivity contribution in [1.82, 2.24) is 19.4 Å². The summed E-state index contributed by atoms with van der Waals surface area (Å²) in [4.78, 5) is 10.1. The van der Waals surface area contributed by atoms with Crippen molar-refractivity contribution in [3.8, 4) is 0 Å². The van der Waals surface area contributed by atoms with Crippen LogP contribution in [0.5, 0.6) is 0 Å². The van der Waals surface area contributed by atoms with E-state index in [4.69, 9.17) is 4.98 Å². The van der Waals surface area contributed by atoms with Crippen LogP contribution in [0.1, 0.15) is 50.4 Å². The number of imidazole rings is 1. The molecule has 0 radical (unpaired) electrons. The molecule has 1 saturated heterocycles. The molecule has 0 spiro atoms. The normalized spacial score (nSPS) is 19.2. The monoisotopic (exact) mass is 340 g/mol. The van der Waals surface area contributed by atoms with Crippen molar-refractivity contribution in [2.24, 2.45) is 0 Å². The lowest BCUT2D eigenvalue weighted by Crippen LogP contribution is -2.38. The fourth-order valence-electron chi connectivity index (χ4n) is 4.35. The molecular formula is C21H32N4. The molecule has 2 aromatic rings. The highest BCUT2D eigenvalue weighted by Gasteiger charge is 2.22. The number of aromatic nitrogens is 2. The predicted molar refractivity (Wildman–Crippen MR) is 104 cm³/mol. The van der Waals surface area contributed by atoms with E-state index in [1.54, 1.807) is 0 Å². The van der Waals surface area contributed by atoms with E-state index in [-0.39, 0.29) is 0 Å². The Morgan fingerprint density at radius 1 is 1.16 bits per heavy atom. The molecule has 2 heterocycles. The second kappa shape index (κ2) is 7.46. The van der Waals surface area contributed by atoms with Crippen LogP contribution in [0.3, 0.4) is 0 Å². The zero-order chi connectivity index (χ0) is 17.2. The second-order valence-electron chi connectivity index (χ2n) is 7.89. The van der Waals surface area contributed by atoms with Gasteiger partial charge in [0.05, 0.1) is 11.0 Å². The first kappa shape index (κ1) is 17.0. The first-order chi connectivity index (χ1) is 12.2. The summed E-state index contributed by atoms with van der Waals surface area (Å²) in [7, 11) is 2.27. The van der Waals surface area contributed by atoms with Gasteiger partial charge in [0.2, 0.25) is 0 Å². The number of aryl methyl sites for hydroxylation is 1. The van der Waals surface area contributed by atoms with Crippen LogP contribution in [0.4, 0.5) is 0 Å². The summed E-state index contributed by atoms with van der Waals surface area (Å²) in [5, 5.41) is 0. The van der Waals surface area contributed by atoms with Gasteiger partial charge in [-0.2, -0.15) is 0 Å². The van der Waals surface area contributed by atoms with Crippen LogP contribution in [0.2, 0.25) is 0 Å². The second-order valence-corrected chi connectivity index (χ2v) is 7.89. The molecule has 25 heavy (non-hydrogen) atoms. The molecule has 4 heteroatoms. The van der Waals surface area contributed by atoms with Crippen LogP contribution >= 0.6 is 0 Å². The number of hydrogen-bond donors (Lipinski definition) is 0. The quantitative estimate of drug-likeness (QED) is 0.768. The fraction of sp³-hybridized carbons (Fsp3) is 0.667. The van der Waals surface area contributed by atoms with Gasteiger partial charge in [-0.05, 0) is 70.4 Å². The molecule has 2 fully saturated rings. The molecule has 1 saturated carbocycles. The van der Waals surface area contributed by atoms with Crippen molar-refractivity contribution in [3.63, 3.8) is 0 Å². The maximum atomic E-state index is 5.01. The number of likely N-dealkylation sites (tertiary alicyclic amines) is 1. The van der Waals surface area contributed by atoms with Gasteiger partial charge in [-0.25, -0.2) is 4.98 Å².